The first kappa shape index (κ1) is 18.7. The van der Waals surface area contributed by atoms with Gasteiger partial charge in [0, 0.05) is 24.0 Å². The summed E-state index contributed by atoms with van der Waals surface area (Å²) in [5.41, 5.74) is 3.39. The Morgan fingerprint density at radius 2 is 2.00 bits per heavy atom. The topological polar surface area (TPSA) is 38.1 Å². The Labute approximate surface area is 168 Å². The maximum Gasteiger partial charge on any atom is 0.267 e. The summed E-state index contributed by atoms with van der Waals surface area (Å²) >= 11 is 3.33. The molecule has 1 aliphatic heterocycles. The molecule has 1 aromatic carbocycles. The predicted octanol–water partition coefficient (Wildman–Crippen LogP) is 4.63. The fourth-order valence-electron chi connectivity index (χ4n) is 3.63. The van der Waals surface area contributed by atoms with E-state index < -0.39 is 0 Å². The fourth-order valence-corrected chi connectivity index (χ4v) is 5.66. The molecule has 0 amide bonds. The number of nitrogens with zero attached hydrogens (tertiary/aromatic N) is 3. The van der Waals surface area contributed by atoms with Crippen LogP contribution in [0.1, 0.15) is 36.8 Å². The highest BCUT2D eigenvalue weighted by Gasteiger charge is 2.26. The van der Waals surface area contributed by atoms with E-state index >= 15 is 0 Å². The first-order chi connectivity index (χ1) is 13.0. The van der Waals surface area contributed by atoms with E-state index in [-0.39, 0.29) is 5.56 Å². The quantitative estimate of drug-likeness (QED) is 0.473. The van der Waals surface area contributed by atoms with Crippen molar-refractivity contribution in [2.24, 2.45) is 0 Å². The molecule has 0 saturated carbocycles. The Hall–Kier alpha value is -1.63. The summed E-state index contributed by atoms with van der Waals surface area (Å²) < 4.78 is 1.80. The highest BCUT2D eigenvalue weighted by atomic mass is 32.2. The Balaban J connectivity index is 1.93. The molecule has 0 aliphatic carbocycles. The Bertz CT molecular complexity index is 1030. The lowest BCUT2D eigenvalue weighted by Crippen LogP contribution is -2.35. The zero-order valence-corrected chi connectivity index (χ0v) is 17.9. The SMILES string of the molecule is CCSc1nc2sc3c(c2c(=O)n1-c1ccc(C)cc1)CCN(C(C)C)C3. The maximum atomic E-state index is 13.6. The number of hydrogen-bond acceptors (Lipinski definition) is 5. The molecular formula is C21H25N3OS2. The third kappa shape index (κ3) is 3.35. The Morgan fingerprint density at radius 1 is 1.26 bits per heavy atom. The summed E-state index contributed by atoms with van der Waals surface area (Å²) in [6.45, 7) is 10.6. The van der Waals surface area contributed by atoms with Gasteiger partial charge < -0.3 is 0 Å². The van der Waals surface area contributed by atoms with Gasteiger partial charge in [0.2, 0.25) is 0 Å². The van der Waals surface area contributed by atoms with E-state index in [0.717, 1.165) is 46.3 Å². The third-order valence-corrected chi connectivity index (χ3v) is 7.10. The largest absolute Gasteiger partial charge is 0.296 e. The summed E-state index contributed by atoms with van der Waals surface area (Å²) in [5, 5.41) is 1.62. The molecule has 27 heavy (non-hydrogen) atoms. The number of benzene rings is 1. The van der Waals surface area contributed by atoms with Gasteiger partial charge in [0.15, 0.2) is 5.16 Å². The Kier molecular flexibility index (Phi) is 5.14. The van der Waals surface area contributed by atoms with Gasteiger partial charge in [0.1, 0.15) is 4.83 Å². The van der Waals surface area contributed by atoms with Crippen molar-refractivity contribution in [3.63, 3.8) is 0 Å². The van der Waals surface area contributed by atoms with Gasteiger partial charge in [-0.1, -0.05) is 36.4 Å². The van der Waals surface area contributed by atoms with Crippen LogP contribution in [0.3, 0.4) is 0 Å². The lowest BCUT2D eigenvalue weighted by molar-refractivity contribution is 0.206. The van der Waals surface area contributed by atoms with Crippen LogP contribution in [0, 0.1) is 6.92 Å². The minimum absolute atomic E-state index is 0.0790. The number of rotatable bonds is 4. The van der Waals surface area contributed by atoms with Crippen LogP contribution in [0.2, 0.25) is 0 Å². The second kappa shape index (κ2) is 7.41. The number of thioether (sulfide) groups is 1. The first-order valence-corrected chi connectivity index (χ1v) is 11.3. The number of aryl methyl sites for hydroxylation is 1. The summed E-state index contributed by atoms with van der Waals surface area (Å²) in [5.74, 6) is 0.885. The molecule has 0 unspecified atom stereocenters. The lowest BCUT2D eigenvalue weighted by Gasteiger charge is -2.30. The molecule has 0 bridgehead atoms. The molecule has 0 spiro atoms. The minimum atomic E-state index is 0.0790. The van der Waals surface area contributed by atoms with Gasteiger partial charge in [-0.05, 0) is 50.6 Å². The first-order valence-electron chi connectivity index (χ1n) is 9.50. The van der Waals surface area contributed by atoms with Crippen molar-refractivity contribution >= 4 is 33.3 Å². The predicted molar refractivity (Wildman–Crippen MR) is 116 cm³/mol. The molecule has 0 N–H and O–H groups in total. The molecule has 4 nitrogen and oxygen atoms in total. The van der Waals surface area contributed by atoms with Gasteiger partial charge in [-0.15, -0.1) is 11.3 Å². The van der Waals surface area contributed by atoms with E-state index in [9.17, 15) is 4.79 Å². The van der Waals surface area contributed by atoms with Crippen molar-refractivity contribution in [2.75, 3.05) is 12.3 Å². The van der Waals surface area contributed by atoms with Crippen molar-refractivity contribution in [2.45, 2.75) is 51.9 Å². The van der Waals surface area contributed by atoms with E-state index in [1.165, 1.54) is 16.0 Å². The average Bonchev–Trinajstić information content (AvgIpc) is 3.01. The van der Waals surface area contributed by atoms with Gasteiger partial charge in [-0.3, -0.25) is 14.3 Å². The molecule has 0 saturated heterocycles. The molecule has 0 atom stereocenters. The number of hydrogen-bond donors (Lipinski definition) is 0. The van der Waals surface area contributed by atoms with Crippen LogP contribution in [0.25, 0.3) is 15.9 Å². The van der Waals surface area contributed by atoms with E-state index in [1.54, 1.807) is 27.7 Å². The van der Waals surface area contributed by atoms with Gasteiger partial charge in [-0.25, -0.2) is 4.98 Å². The zero-order chi connectivity index (χ0) is 19.1. The molecular weight excluding hydrogens is 374 g/mol. The van der Waals surface area contributed by atoms with Crippen LogP contribution in [-0.2, 0) is 13.0 Å². The second-order valence-electron chi connectivity index (χ2n) is 7.30. The molecule has 6 heteroatoms. The van der Waals surface area contributed by atoms with Crippen molar-refractivity contribution in [3.05, 3.63) is 50.6 Å². The van der Waals surface area contributed by atoms with E-state index in [1.807, 2.05) is 12.1 Å². The van der Waals surface area contributed by atoms with E-state index in [4.69, 9.17) is 4.98 Å². The van der Waals surface area contributed by atoms with Crippen LogP contribution in [-0.4, -0.2) is 32.8 Å². The van der Waals surface area contributed by atoms with Crippen molar-refractivity contribution < 1.29 is 0 Å². The monoisotopic (exact) mass is 399 g/mol. The lowest BCUT2D eigenvalue weighted by atomic mass is 10.0. The smallest absolute Gasteiger partial charge is 0.267 e. The molecule has 3 aromatic rings. The molecule has 142 valence electrons. The standard InChI is InChI=1S/C21H25N3OS2/c1-5-26-21-22-19-18(16-10-11-23(13(2)3)12-17(16)27-19)20(25)24(21)15-8-6-14(4)7-9-15/h6-9,13H,5,10-12H2,1-4H3. The van der Waals surface area contributed by atoms with Crippen LogP contribution in [0.15, 0.2) is 34.2 Å². The van der Waals surface area contributed by atoms with Gasteiger partial charge >= 0.3 is 0 Å². The van der Waals surface area contributed by atoms with Gasteiger partial charge in [-0.2, -0.15) is 0 Å². The molecule has 0 fully saturated rings. The van der Waals surface area contributed by atoms with Crippen LogP contribution in [0.5, 0.6) is 0 Å². The van der Waals surface area contributed by atoms with Crippen LogP contribution in [0.4, 0.5) is 0 Å². The normalized spacial score (nSPS) is 14.9. The molecule has 4 rings (SSSR count). The highest BCUT2D eigenvalue weighted by molar-refractivity contribution is 7.99. The fraction of sp³-hybridized carbons (Fsp3) is 0.429. The zero-order valence-electron chi connectivity index (χ0n) is 16.3. The summed E-state index contributed by atoms with van der Waals surface area (Å²) in [4.78, 5) is 23.2. The number of fused-ring (bicyclic) bond motifs is 3. The molecule has 1 aliphatic rings. The number of aromatic nitrogens is 2. The van der Waals surface area contributed by atoms with E-state index in [0.29, 0.717) is 6.04 Å². The van der Waals surface area contributed by atoms with Crippen molar-refractivity contribution in [1.82, 2.24) is 14.5 Å². The van der Waals surface area contributed by atoms with Gasteiger partial charge in [0.05, 0.1) is 11.1 Å². The summed E-state index contributed by atoms with van der Waals surface area (Å²) in [6.07, 6.45) is 0.929. The maximum absolute atomic E-state index is 13.6. The molecule has 2 aromatic heterocycles. The highest BCUT2D eigenvalue weighted by Crippen LogP contribution is 2.34. The Morgan fingerprint density at radius 3 is 2.67 bits per heavy atom. The third-order valence-electron chi connectivity index (χ3n) is 5.17. The van der Waals surface area contributed by atoms with Crippen LogP contribution >= 0.6 is 23.1 Å². The molecule has 3 heterocycles. The van der Waals surface area contributed by atoms with Crippen molar-refractivity contribution in [1.29, 1.82) is 0 Å². The summed E-state index contributed by atoms with van der Waals surface area (Å²) in [7, 11) is 0. The minimum Gasteiger partial charge on any atom is -0.296 e. The van der Waals surface area contributed by atoms with Crippen molar-refractivity contribution in [3.8, 4) is 5.69 Å². The second-order valence-corrected chi connectivity index (χ2v) is 9.62. The van der Waals surface area contributed by atoms with E-state index in [2.05, 4.69) is 44.7 Å². The van der Waals surface area contributed by atoms with Crippen LogP contribution < -0.4 is 5.56 Å². The molecule has 0 radical (unpaired) electrons. The summed E-state index contributed by atoms with van der Waals surface area (Å²) in [6, 6.07) is 8.66. The van der Waals surface area contributed by atoms with Gasteiger partial charge in [0.25, 0.3) is 5.56 Å². The number of thiophene rings is 1. The average molecular weight is 400 g/mol.